The van der Waals surface area contributed by atoms with E-state index in [1.807, 2.05) is 12.2 Å². The summed E-state index contributed by atoms with van der Waals surface area (Å²) in [6, 6.07) is 0.920. The lowest BCUT2D eigenvalue weighted by Gasteiger charge is -2.24. The van der Waals surface area contributed by atoms with Crippen molar-refractivity contribution < 1.29 is 28.7 Å². The highest BCUT2D eigenvalue weighted by molar-refractivity contribution is 5.96. The number of nitrogens with zero attached hydrogens (tertiary/aromatic N) is 1. The maximum atomic E-state index is 12.6. The summed E-state index contributed by atoms with van der Waals surface area (Å²) in [5, 5.41) is 5.11. The van der Waals surface area contributed by atoms with Crippen LogP contribution in [-0.2, 0) is 23.9 Å². The van der Waals surface area contributed by atoms with Crippen LogP contribution in [0.5, 0.6) is 0 Å². The molecule has 0 spiro atoms. The molecule has 0 unspecified atom stereocenters. The Morgan fingerprint density at radius 3 is 1.80 bits per heavy atom. The van der Waals surface area contributed by atoms with Crippen LogP contribution < -0.4 is 10.6 Å². The standard InChI is InChI=1S/C36H49N3O6/c1-5-6-7-8-9-10-11-12-13-14-15-16-17-18-19-20-21-22-23-26-32(40)38-29(2)35(42)45-30(3)33(36(43)44-4)39-34(41)31-25-24-27-37-28-31/h6-7,9-10,12-13,15-16,18-19,21-22,24-25,27-30,33H,5,8,11,14,17,20,23,26H2,1-4H3,(H,38,40)(H,39,41)/t29-,30+,33-/m0/s1. The number of allylic oxidation sites excluding steroid dienone is 12. The Balaban J connectivity index is 2.28. The highest BCUT2D eigenvalue weighted by Crippen LogP contribution is 2.07. The Labute approximate surface area is 268 Å². The third-order valence-corrected chi connectivity index (χ3v) is 6.30. The zero-order chi connectivity index (χ0) is 33.1. The number of esters is 2. The van der Waals surface area contributed by atoms with Crippen molar-refractivity contribution in [1.82, 2.24) is 15.6 Å². The minimum absolute atomic E-state index is 0.210. The SMILES string of the molecule is CCC=CCC=CCC=CCC=CCC=CCC=CCCC(=O)N[C@@H](C)C(=O)O[C@H](C)[C@H](NC(=O)c1cccnc1)C(=O)OC. The first-order valence-corrected chi connectivity index (χ1v) is 15.5. The molecule has 244 valence electrons. The van der Waals surface area contributed by atoms with Gasteiger partial charge < -0.3 is 20.1 Å². The molecular formula is C36H49N3O6. The summed E-state index contributed by atoms with van der Waals surface area (Å²) in [6.07, 6.45) is 33.6. The number of amides is 2. The molecule has 0 radical (unpaired) electrons. The van der Waals surface area contributed by atoms with Gasteiger partial charge in [-0.05, 0) is 70.9 Å². The molecule has 1 aromatic heterocycles. The van der Waals surface area contributed by atoms with E-state index in [2.05, 4.69) is 83.3 Å². The number of methoxy groups -OCH3 is 1. The average molecular weight is 620 g/mol. The minimum Gasteiger partial charge on any atom is -0.467 e. The van der Waals surface area contributed by atoms with Crippen molar-refractivity contribution in [2.45, 2.75) is 90.3 Å². The van der Waals surface area contributed by atoms with E-state index in [9.17, 15) is 19.2 Å². The van der Waals surface area contributed by atoms with E-state index in [0.29, 0.717) is 6.42 Å². The summed E-state index contributed by atoms with van der Waals surface area (Å²) < 4.78 is 10.1. The summed E-state index contributed by atoms with van der Waals surface area (Å²) in [4.78, 5) is 53.5. The monoisotopic (exact) mass is 619 g/mol. The first-order valence-electron chi connectivity index (χ1n) is 15.5. The third kappa shape index (κ3) is 18.7. The Morgan fingerprint density at radius 2 is 1.31 bits per heavy atom. The van der Waals surface area contributed by atoms with Gasteiger partial charge in [0.05, 0.1) is 12.7 Å². The van der Waals surface area contributed by atoms with Gasteiger partial charge in [0.2, 0.25) is 5.91 Å². The number of hydrogen-bond donors (Lipinski definition) is 2. The second kappa shape index (κ2) is 24.9. The highest BCUT2D eigenvalue weighted by atomic mass is 16.6. The molecule has 1 rings (SSSR count). The van der Waals surface area contributed by atoms with Gasteiger partial charge in [-0.3, -0.25) is 14.6 Å². The molecule has 0 fully saturated rings. The molecule has 0 aliphatic rings. The molecule has 2 amide bonds. The molecule has 0 aliphatic heterocycles. The maximum Gasteiger partial charge on any atom is 0.332 e. The zero-order valence-electron chi connectivity index (χ0n) is 27.0. The molecule has 0 bridgehead atoms. The topological polar surface area (TPSA) is 124 Å². The van der Waals surface area contributed by atoms with Crippen molar-refractivity contribution in [1.29, 1.82) is 0 Å². The molecule has 0 saturated carbocycles. The third-order valence-electron chi connectivity index (χ3n) is 6.30. The molecule has 3 atom stereocenters. The quantitative estimate of drug-likeness (QED) is 0.123. The molecule has 0 saturated heterocycles. The Hall–Kier alpha value is -4.53. The van der Waals surface area contributed by atoms with E-state index in [-0.39, 0.29) is 17.9 Å². The molecular weight excluding hydrogens is 570 g/mol. The van der Waals surface area contributed by atoms with Crippen LogP contribution in [0, 0.1) is 0 Å². The fraction of sp³-hybridized carbons (Fsp3) is 0.417. The van der Waals surface area contributed by atoms with Crippen LogP contribution in [0.25, 0.3) is 0 Å². The van der Waals surface area contributed by atoms with Gasteiger partial charge in [-0.1, -0.05) is 79.8 Å². The number of hydrogen-bond acceptors (Lipinski definition) is 7. The van der Waals surface area contributed by atoms with Gasteiger partial charge in [-0.2, -0.15) is 0 Å². The van der Waals surface area contributed by atoms with Crippen molar-refractivity contribution in [3.05, 3.63) is 103 Å². The van der Waals surface area contributed by atoms with Gasteiger partial charge in [0, 0.05) is 18.8 Å². The number of carbonyl (C=O) groups excluding carboxylic acids is 4. The van der Waals surface area contributed by atoms with E-state index in [1.165, 1.54) is 39.4 Å². The minimum atomic E-state index is -1.25. The first kappa shape index (κ1) is 38.5. The number of rotatable bonds is 21. The Morgan fingerprint density at radius 1 is 0.778 bits per heavy atom. The van der Waals surface area contributed by atoms with E-state index in [1.54, 1.807) is 6.07 Å². The predicted octanol–water partition coefficient (Wildman–Crippen LogP) is 6.27. The van der Waals surface area contributed by atoms with Crippen molar-refractivity contribution >= 4 is 23.8 Å². The molecule has 0 aromatic carbocycles. The lowest BCUT2D eigenvalue weighted by molar-refractivity contribution is -0.158. The maximum absolute atomic E-state index is 12.6. The Bertz CT molecular complexity index is 1200. The lowest BCUT2D eigenvalue weighted by Crippen LogP contribution is -2.51. The number of ether oxygens (including phenoxy) is 2. The fourth-order valence-corrected chi connectivity index (χ4v) is 3.80. The van der Waals surface area contributed by atoms with Gasteiger partial charge in [0.1, 0.15) is 12.1 Å². The molecule has 1 aromatic rings. The van der Waals surface area contributed by atoms with Gasteiger partial charge in [0.25, 0.3) is 5.91 Å². The van der Waals surface area contributed by atoms with E-state index < -0.39 is 36.0 Å². The summed E-state index contributed by atoms with van der Waals surface area (Å²) in [5.41, 5.74) is 0.234. The Kier molecular flexibility index (Phi) is 21.3. The molecule has 1 heterocycles. The fourth-order valence-electron chi connectivity index (χ4n) is 3.80. The smallest absolute Gasteiger partial charge is 0.332 e. The van der Waals surface area contributed by atoms with Crippen LogP contribution in [0.2, 0.25) is 0 Å². The van der Waals surface area contributed by atoms with Crippen LogP contribution in [0.15, 0.2) is 97.4 Å². The van der Waals surface area contributed by atoms with Crippen LogP contribution in [0.4, 0.5) is 0 Å². The van der Waals surface area contributed by atoms with Crippen molar-refractivity contribution in [2.75, 3.05) is 7.11 Å². The van der Waals surface area contributed by atoms with Gasteiger partial charge in [0.15, 0.2) is 6.04 Å². The van der Waals surface area contributed by atoms with Crippen molar-refractivity contribution in [3.63, 3.8) is 0 Å². The number of aromatic nitrogens is 1. The van der Waals surface area contributed by atoms with Crippen molar-refractivity contribution in [2.24, 2.45) is 0 Å². The van der Waals surface area contributed by atoms with Gasteiger partial charge >= 0.3 is 11.9 Å². The zero-order valence-corrected chi connectivity index (χ0v) is 27.0. The van der Waals surface area contributed by atoms with E-state index in [4.69, 9.17) is 9.47 Å². The number of carbonyl (C=O) groups is 4. The van der Waals surface area contributed by atoms with Crippen LogP contribution in [0.3, 0.4) is 0 Å². The molecule has 9 heteroatoms. The second-order valence-corrected chi connectivity index (χ2v) is 10.1. The normalized spacial score (nSPS) is 14.0. The summed E-state index contributed by atoms with van der Waals surface area (Å²) in [6.45, 7) is 5.08. The van der Waals surface area contributed by atoms with Crippen LogP contribution in [-0.4, -0.2) is 54.0 Å². The van der Waals surface area contributed by atoms with E-state index >= 15 is 0 Å². The second-order valence-electron chi connectivity index (χ2n) is 10.1. The number of pyridine rings is 1. The first-order chi connectivity index (χ1) is 21.8. The van der Waals surface area contributed by atoms with E-state index in [0.717, 1.165) is 38.5 Å². The summed E-state index contributed by atoms with van der Waals surface area (Å²) in [5.74, 6) is -2.40. The van der Waals surface area contributed by atoms with Crippen LogP contribution in [0.1, 0.15) is 82.5 Å². The average Bonchev–Trinajstić information content (AvgIpc) is 3.04. The summed E-state index contributed by atoms with van der Waals surface area (Å²) >= 11 is 0. The summed E-state index contributed by atoms with van der Waals surface area (Å²) in [7, 11) is 1.17. The largest absolute Gasteiger partial charge is 0.467 e. The van der Waals surface area contributed by atoms with Crippen LogP contribution >= 0.6 is 0 Å². The molecule has 2 N–H and O–H groups in total. The lowest BCUT2D eigenvalue weighted by atomic mass is 10.1. The molecule has 0 aliphatic carbocycles. The molecule has 9 nitrogen and oxygen atoms in total. The van der Waals surface area contributed by atoms with Crippen molar-refractivity contribution in [3.8, 4) is 0 Å². The molecule has 45 heavy (non-hydrogen) atoms. The van der Waals surface area contributed by atoms with Gasteiger partial charge in [-0.25, -0.2) is 9.59 Å². The highest BCUT2D eigenvalue weighted by Gasteiger charge is 2.32. The number of nitrogens with one attached hydrogen (secondary N) is 2. The van der Waals surface area contributed by atoms with Gasteiger partial charge in [-0.15, -0.1) is 0 Å². The predicted molar refractivity (Wildman–Crippen MR) is 178 cm³/mol.